The monoisotopic (exact) mass is 384 g/mol. The molecule has 1 aromatic carbocycles. The van der Waals surface area contributed by atoms with Crippen molar-refractivity contribution >= 4 is 25.7 Å². The molecule has 6 heteroatoms. The van der Waals surface area contributed by atoms with Crippen LogP contribution in [0.4, 0.5) is 0 Å². The first kappa shape index (κ1) is 17.3. The molecular weight excluding hydrogens is 359 g/mol. The molecule has 5 rings (SSSR count). The molecule has 1 fully saturated rings. The molecular formula is C21H25N2O3P. The van der Waals surface area contributed by atoms with E-state index in [0.717, 1.165) is 37.3 Å². The van der Waals surface area contributed by atoms with Crippen LogP contribution in [-0.2, 0) is 16.0 Å². The number of nitrogens with one attached hydrogen (secondary N) is 1. The minimum Gasteiger partial charge on any atom is -0.498 e. The fraction of sp³-hybridized carbons (Fsp3) is 0.476. The average Bonchev–Trinajstić information content (AvgIpc) is 3.05. The van der Waals surface area contributed by atoms with E-state index in [1.54, 1.807) is 13.4 Å². The van der Waals surface area contributed by atoms with Crippen LogP contribution < -0.4 is 4.74 Å². The molecule has 0 saturated carbocycles. The second-order valence-electron chi connectivity index (χ2n) is 7.97. The highest BCUT2D eigenvalue weighted by Crippen LogP contribution is 2.48. The molecule has 142 valence electrons. The number of rotatable bonds is 2. The maximum absolute atomic E-state index is 12.2. The van der Waals surface area contributed by atoms with Crippen LogP contribution in [-0.4, -0.2) is 41.7 Å². The molecule has 4 heterocycles. The number of ether oxygens (including phenoxy) is 2. The lowest BCUT2D eigenvalue weighted by atomic mass is 9.72. The summed E-state index contributed by atoms with van der Waals surface area (Å²) in [7, 11) is 4.04. The zero-order valence-corrected chi connectivity index (χ0v) is 16.9. The van der Waals surface area contributed by atoms with Gasteiger partial charge in [0.15, 0.2) is 5.52 Å². The quantitative estimate of drug-likeness (QED) is 0.807. The summed E-state index contributed by atoms with van der Waals surface area (Å²) in [5, 5.41) is 1.27. The van der Waals surface area contributed by atoms with E-state index in [0.29, 0.717) is 12.0 Å². The van der Waals surface area contributed by atoms with Gasteiger partial charge in [0.2, 0.25) is 0 Å². The van der Waals surface area contributed by atoms with Crippen LogP contribution in [0.1, 0.15) is 30.6 Å². The number of aromatic nitrogens is 1. The normalized spacial score (nSPS) is 30.0. The van der Waals surface area contributed by atoms with Gasteiger partial charge in [-0.15, -0.1) is 0 Å². The first-order valence-electron chi connectivity index (χ1n) is 9.64. The minimum atomic E-state index is 0.0581. The Balaban J connectivity index is 1.56. The van der Waals surface area contributed by atoms with Gasteiger partial charge in [-0.2, -0.15) is 0 Å². The van der Waals surface area contributed by atoms with Crippen molar-refractivity contribution in [1.29, 1.82) is 0 Å². The lowest BCUT2D eigenvalue weighted by molar-refractivity contribution is -0.110. The number of aromatic amines is 1. The number of hydrogen-bond acceptors (Lipinski definition) is 4. The summed E-state index contributed by atoms with van der Waals surface area (Å²) in [5.74, 6) is 1.52. The minimum absolute atomic E-state index is 0.0581. The molecule has 0 bridgehead atoms. The molecule has 0 amide bonds. The molecule has 3 aliphatic rings. The number of methoxy groups -OCH3 is 1. The van der Waals surface area contributed by atoms with Gasteiger partial charge in [0.1, 0.15) is 5.75 Å². The van der Waals surface area contributed by atoms with Crippen molar-refractivity contribution in [2.75, 3.05) is 20.2 Å². The predicted octanol–water partition coefficient (Wildman–Crippen LogP) is 3.42. The van der Waals surface area contributed by atoms with Crippen LogP contribution in [0.15, 0.2) is 30.0 Å². The molecule has 0 spiro atoms. The highest BCUT2D eigenvalue weighted by Gasteiger charge is 2.46. The number of carbonyl (C=O) groups excluding carboxylic acids is 1. The van der Waals surface area contributed by atoms with E-state index in [9.17, 15) is 4.79 Å². The number of fused-ring (bicyclic) bond motifs is 6. The molecule has 3 aliphatic heterocycles. The molecule has 5 atom stereocenters. The second kappa shape index (κ2) is 6.35. The van der Waals surface area contributed by atoms with E-state index in [-0.39, 0.29) is 17.5 Å². The Morgan fingerprint density at radius 3 is 3.04 bits per heavy atom. The summed E-state index contributed by atoms with van der Waals surface area (Å²) in [6.07, 6.45) is 3.85. The highest BCUT2D eigenvalue weighted by atomic mass is 31.0. The maximum atomic E-state index is 12.2. The van der Waals surface area contributed by atoms with Crippen LogP contribution in [0.25, 0.3) is 10.9 Å². The summed E-state index contributed by atoms with van der Waals surface area (Å²) < 4.78 is 11.2. The largest absolute Gasteiger partial charge is 0.498 e. The smallest absolute Gasteiger partial charge is 0.177 e. The van der Waals surface area contributed by atoms with Crippen molar-refractivity contribution in [3.05, 3.63) is 41.3 Å². The molecule has 1 saturated heterocycles. The topological polar surface area (TPSA) is 54.6 Å². The predicted molar refractivity (Wildman–Crippen MR) is 108 cm³/mol. The summed E-state index contributed by atoms with van der Waals surface area (Å²) in [6.45, 7) is 4.15. The summed E-state index contributed by atoms with van der Waals surface area (Å²) >= 11 is 0. The zero-order chi connectivity index (χ0) is 18.7. The SMILES string of the molecule is COc1ccc2[nH]c3c(c2c1)CCN1CC2C(C)OC=C(C(=O)P)C2CC31. The summed E-state index contributed by atoms with van der Waals surface area (Å²) in [4.78, 5) is 18.4. The number of carbonyl (C=O) groups is 1. The Hall–Kier alpha value is -1.84. The van der Waals surface area contributed by atoms with E-state index in [1.165, 1.54) is 22.2 Å². The maximum Gasteiger partial charge on any atom is 0.177 e. The second-order valence-corrected chi connectivity index (χ2v) is 8.50. The van der Waals surface area contributed by atoms with Gasteiger partial charge in [0.25, 0.3) is 0 Å². The van der Waals surface area contributed by atoms with E-state index in [4.69, 9.17) is 9.47 Å². The molecule has 1 aromatic heterocycles. The van der Waals surface area contributed by atoms with Crippen molar-refractivity contribution in [2.45, 2.75) is 31.9 Å². The lowest BCUT2D eigenvalue weighted by Crippen LogP contribution is -2.51. The number of H-pyrrole nitrogens is 1. The van der Waals surface area contributed by atoms with Gasteiger partial charge in [0.05, 0.1) is 25.5 Å². The van der Waals surface area contributed by atoms with Crippen LogP contribution in [0, 0.1) is 11.8 Å². The van der Waals surface area contributed by atoms with Crippen LogP contribution in [0.3, 0.4) is 0 Å². The molecule has 5 unspecified atom stereocenters. The highest BCUT2D eigenvalue weighted by molar-refractivity contribution is 7.41. The van der Waals surface area contributed by atoms with E-state index in [2.05, 4.69) is 38.2 Å². The Kier molecular flexibility index (Phi) is 4.06. The molecule has 27 heavy (non-hydrogen) atoms. The third-order valence-electron chi connectivity index (χ3n) is 6.71. The standard InChI is InChI=1S/C21H25N2O3P/c1-11-16-9-23-6-5-13-15-7-12(25-2)3-4-18(15)22-20(13)19(23)8-14(16)17(10-26-11)21(24)27/h3-4,7,10-11,14,16,19,22H,5-6,8-9,27H2,1-2H3. The average molecular weight is 384 g/mol. The van der Waals surface area contributed by atoms with Crippen LogP contribution >= 0.6 is 9.24 Å². The fourth-order valence-electron chi connectivity index (χ4n) is 5.26. The first-order valence-corrected chi connectivity index (χ1v) is 10.2. The fourth-order valence-corrected chi connectivity index (χ4v) is 5.55. The Morgan fingerprint density at radius 2 is 2.26 bits per heavy atom. The number of piperidine rings is 1. The lowest BCUT2D eigenvalue weighted by Gasteiger charge is -2.49. The van der Waals surface area contributed by atoms with Gasteiger partial charge in [-0.3, -0.25) is 9.69 Å². The van der Waals surface area contributed by atoms with Crippen LogP contribution in [0.2, 0.25) is 0 Å². The molecule has 5 nitrogen and oxygen atoms in total. The van der Waals surface area contributed by atoms with E-state index >= 15 is 0 Å². The third kappa shape index (κ3) is 2.63. The molecule has 2 aromatic rings. The third-order valence-corrected chi connectivity index (χ3v) is 7.04. The Bertz CT molecular complexity index is 950. The Labute approximate surface area is 161 Å². The van der Waals surface area contributed by atoms with Crippen molar-refractivity contribution < 1.29 is 14.3 Å². The molecule has 0 aliphatic carbocycles. The number of hydrogen-bond donors (Lipinski definition) is 1. The van der Waals surface area contributed by atoms with Gasteiger partial charge < -0.3 is 14.5 Å². The Morgan fingerprint density at radius 1 is 1.41 bits per heavy atom. The van der Waals surface area contributed by atoms with Gasteiger partial charge in [-0.25, -0.2) is 0 Å². The van der Waals surface area contributed by atoms with Crippen molar-refractivity contribution in [3.63, 3.8) is 0 Å². The van der Waals surface area contributed by atoms with E-state index in [1.807, 2.05) is 6.07 Å². The molecule has 1 N–H and O–H groups in total. The summed E-state index contributed by atoms with van der Waals surface area (Å²) in [6, 6.07) is 6.58. The first-order chi connectivity index (χ1) is 13.1. The van der Waals surface area contributed by atoms with Crippen LogP contribution in [0.5, 0.6) is 5.75 Å². The number of nitrogens with zero attached hydrogens (tertiary/aromatic N) is 1. The zero-order valence-electron chi connectivity index (χ0n) is 15.7. The number of allylic oxidation sites excluding steroid dienone is 1. The van der Waals surface area contributed by atoms with Gasteiger partial charge in [-0.05, 0) is 43.5 Å². The van der Waals surface area contributed by atoms with Crippen molar-refractivity contribution in [3.8, 4) is 5.75 Å². The molecule has 0 radical (unpaired) electrons. The number of benzene rings is 1. The van der Waals surface area contributed by atoms with Gasteiger partial charge in [0, 0.05) is 47.1 Å². The van der Waals surface area contributed by atoms with E-state index < -0.39 is 0 Å². The van der Waals surface area contributed by atoms with Crippen molar-refractivity contribution in [2.24, 2.45) is 11.8 Å². The van der Waals surface area contributed by atoms with Gasteiger partial charge in [-0.1, -0.05) is 9.24 Å². The summed E-state index contributed by atoms with van der Waals surface area (Å²) in [5.41, 5.74) is 4.78. The van der Waals surface area contributed by atoms with Crippen molar-refractivity contribution in [1.82, 2.24) is 9.88 Å². The van der Waals surface area contributed by atoms with Gasteiger partial charge >= 0.3 is 0 Å².